The van der Waals surface area contributed by atoms with Crippen LogP contribution in [-0.4, -0.2) is 17.3 Å². The van der Waals surface area contributed by atoms with E-state index in [9.17, 15) is 4.79 Å². The Bertz CT molecular complexity index is 802. The minimum atomic E-state index is -0.134. The van der Waals surface area contributed by atoms with E-state index in [-0.39, 0.29) is 5.91 Å². The van der Waals surface area contributed by atoms with Crippen LogP contribution < -0.4 is 9.64 Å². The molecule has 1 amide bonds. The van der Waals surface area contributed by atoms with Crippen molar-refractivity contribution < 1.29 is 9.53 Å². The van der Waals surface area contributed by atoms with Gasteiger partial charge >= 0.3 is 0 Å². The van der Waals surface area contributed by atoms with Crippen LogP contribution in [0.3, 0.4) is 0 Å². The smallest absolute Gasteiger partial charge is 0.270 e. The molecule has 0 aromatic heterocycles. The second-order valence-electron chi connectivity index (χ2n) is 4.77. The summed E-state index contributed by atoms with van der Waals surface area (Å²) in [5, 5.41) is 0.617. The minimum absolute atomic E-state index is 0.134. The molecule has 0 N–H and O–H groups in total. The average Bonchev–Trinajstić information content (AvgIpc) is 2.83. The Morgan fingerprint density at radius 3 is 2.65 bits per heavy atom. The molecule has 23 heavy (non-hydrogen) atoms. The van der Waals surface area contributed by atoms with E-state index in [1.165, 1.54) is 16.7 Å². The Balaban J connectivity index is 1.91. The topological polar surface area (TPSA) is 29.5 Å². The summed E-state index contributed by atoms with van der Waals surface area (Å²) in [6.45, 7) is 0. The van der Waals surface area contributed by atoms with Gasteiger partial charge < -0.3 is 4.74 Å². The lowest BCUT2D eigenvalue weighted by atomic mass is 10.2. The van der Waals surface area contributed by atoms with Gasteiger partial charge in [0.15, 0.2) is 4.32 Å². The molecular formula is C17H12ClNO2S2. The molecule has 0 radical (unpaired) electrons. The van der Waals surface area contributed by atoms with Gasteiger partial charge in [0.05, 0.1) is 17.7 Å². The van der Waals surface area contributed by atoms with Crippen molar-refractivity contribution in [3.63, 3.8) is 0 Å². The van der Waals surface area contributed by atoms with Gasteiger partial charge in [-0.25, -0.2) is 0 Å². The summed E-state index contributed by atoms with van der Waals surface area (Å²) in [7, 11) is 1.61. The van der Waals surface area contributed by atoms with Crippen molar-refractivity contribution in [1.29, 1.82) is 0 Å². The second kappa shape index (κ2) is 6.74. The zero-order valence-corrected chi connectivity index (χ0v) is 14.5. The maximum absolute atomic E-state index is 12.6. The lowest BCUT2D eigenvalue weighted by Crippen LogP contribution is -2.27. The van der Waals surface area contributed by atoms with Gasteiger partial charge in [-0.1, -0.05) is 47.7 Å². The summed E-state index contributed by atoms with van der Waals surface area (Å²) >= 11 is 12.5. The summed E-state index contributed by atoms with van der Waals surface area (Å²) in [6.07, 6.45) is 1.82. The first-order valence-electron chi connectivity index (χ1n) is 6.76. The van der Waals surface area contributed by atoms with Crippen LogP contribution in [0.1, 0.15) is 5.56 Å². The third-order valence-corrected chi connectivity index (χ3v) is 4.82. The minimum Gasteiger partial charge on any atom is -0.497 e. The lowest BCUT2D eigenvalue weighted by molar-refractivity contribution is -0.113. The number of amides is 1. The van der Waals surface area contributed by atoms with Crippen LogP contribution in [-0.2, 0) is 4.79 Å². The molecule has 1 aliphatic heterocycles. The van der Waals surface area contributed by atoms with E-state index < -0.39 is 0 Å². The molecule has 2 aromatic carbocycles. The highest BCUT2D eigenvalue weighted by molar-refractivity contribution is 8.27. The molecular weight excluding hydrogens is 350 g/mol. The molecule has 2 aromatic rings. The Morgan fingerprint density at radius 1 is 1.22 bits per heavy atom. The van der Waals surface area contributed by atoms with Crippen molar-refractivity contribution in [3.05, 3.63) is 64.0 Å². The van der Waals surface area contributed by atoms with E-state index in [4.69, 9.17) is 28.6 Å². The first-order chi connectivity index (χ1) is 11.1. The molecule has 1 aliphatic rings. The van der Waals surface area contributed by atoms with Crippen molar-refractivity contribution in [2.24, 2.45) is 0 Å². The van der Waals surface area contributed by atoms with Gasteiger partial charge in [-0.15, -0.1) is 0 Å². The molecule has 0 bridgehead atoms. The van der Waals surface area contributed by atoms with Crippen molar-refractivity contribution in [2.75, 3.05) is 12.0 Å². The van der Waals surface area contributed by atoms with Crippen LogP contribution in [0.4, 0.5) is 5.69 Å². The van der Waals surface area contributed by atoms with E-state index >= 15 is 0 Å². The summed E-state index contributed by atoms with van der Waals surface area (Å²) in [6, 6.07) is 14.6. The van der Waals surface area contributed by atoms with Gasteiger partial charge in [-0.05, 0) is 48.0 Å². The maximum atomic E-state index is 12.6. The molecule has 3 rings (SSSR count). The number of rotatable bonds is 3. The normalized spacial score (nSPS) is 16.3. The van der Waals surface area contributed by atoms with Crippen molar-refractivity contribution in [1.82, 2.24) is 0 Å². The molecule has 0 saturated carbocycles. The van der Waals surface area contributed by atoms with Crippen LogP contribution >= 0.6 is 35.6 Å². The third-order valence-electron chi connectivity index (χ3n) is 3.27. The Hall–Kier alpha value is -1.82. The van der Waals surface area contributed by atoms with Gasteiger partial charge in [-0.3, -0.25) is 9.69 Å². The number of carbonyl (C=O) groups is 1. The molecule has 3 nitrogen and oxygen atoms in total. The second-order valence-corrected chi connectivity index (χ2v) is 6.88. The Morgan fingerprint density at radius 2 is 1.96 bits per heavy atom. The number of benzene rings is 2. The highest BCUT2D eigenvalue weighted by Crippen LogP contribution is 2.36. The molecule has 0 spiro atoms. The summed E-state index contributed by atoms with van der Waals surface area (Å²) < 4.78 is 5.71. The molecule has 116 valence electrons. The zero-order valence-electron chi connectivity index (χ0n) is 12.2. The maximum Gasteiger partial charge on any atom is 0.270 e. The van der Waals surface area contributed by atoms with Crippen molar-refractivity contribution in [2.45, 2.75) is 0 Å². The van der Waals surface area contributed by atoms with Crippen molar-refractivity contribution in [3.8, 4) is 5.75 Å². The SMILES string of the molecule is COc1cccc(C=C2SC(=S)N(c3ccc(Cl)cc3)C2=O)c1. The number of hydrogen-bond donors (Lipinski definition) is 0. The predicted molar refractivity (Wildman–Crippen MR) is 100 cm³/mol. The van der Waals surface area contributed by atoms with Crippen LogP contribution in [0.5, 0.6) is 5.75 Å². The van der Waals surface area contributed by atoms with E-state index in [0.717, 1.165) is 11.3 Å². The largest absolute Gasteiger partial charge is 0.497 e. The van der Waals surface area contributed by atoms with Crippen LogP contribution in [0.2, 0.25) is 5.02 Å². The molecule has 1 saturated heterocycles. The Kier molecular flexibility index (Phi) is 4.71. The fraction of sp³-hybridized carbons (Fsp3) is 0.0588. The molecule has 0 unspecified atom stereocenters. The number of nitrogens with zero attached hydrogens (tertiary/aromatic N) is 1. The number of thioether (sulfide) groups is 1. The van der Waals surface area contributed by atoms with Gasteiger partial charge in [0.2, 0.25) is 0 Å². The third kappa shape index (κ3) is 3.42. The molecule has 6 heteroatoms. The molecule has 0 aliphatic carbocycles. The van der Waals surface area contributed by atoms with Gasteiger partial charge in [-0.2, -0.15) is 0 Å². The van der Waals surface area contributed by atoms with E-state index in [0.29, 0.717) is 19.9 Å². The lowest BCUT2D eigenvalue weighted by Gasteiger charge is -2.14. The molecule has 0 atom stereocenters. The van der Waals surface area contributed by atoms with E-state index in [2.05, 4.69) is 0 Å². The van der Waals surface area contributed by atoms with E-state index in [1.54, 1.807) is 31.4 Å². The molecule has 1 heterocycles. The highest BCUT2D eigenvalue weighted by Gasteiger charge is 2.33. The summed E-state index contributed by atoms with van der Waals surface area (Å²) in [5.74, 6) is 0.608. The first-order valence-corrected chi connectivity index (χ1v) is 8.36. The number of ether oxygens (including phenoxy) is 1. The number of halogens is 1. The number of carbonyl (C=O) groups excluding carboxylic acids is 1. The number of hydrogen-bond acceptors (Lipinski definition) is 4. The van der Waals surface area contributed by atoms with Gasteiger partial charge in [0.25, 0.3) is 5.91 Å². The van der Waals surface area contributed by atoms with Crippen molar-refractivity contribution >= 4 is 57.6 Å². The average molecular weight is 362 g/mol. The van der Waals surface area contributed by atoms with Crippen LogP contribution in [0.25, 0.3) is 6.08 Å². The summed E-state index contributed by atoms with van der Waals surface area (Å²) in [4.78, 5) is 14.7. The number of anilines is 1. The van der Waals surface area contributed by atoms with Crippen LogP contribution in [0, 0.1) is 0 Å². The fourth-order valence-electron chi connectivity index (χ4n) is 2.16. The predicted octanol–water partition coefficient (Wildman–Crippen LogP) is 4.75. The zero-order chi connectivity index (χ0) is 16.4. The highest BCUT2D eigenvalue weighted by atomic mass is 35.5. The van der Waals surface area contributed by atoms with Gasteiger partial charge in [0, 0.05) is 5.02 Å². The molecule has 1 fully saturated rings. The quantitative estimate of drug-likeness (QED) is 0.582. The summed E-state index contributed by atoms with van der Waals surface area (Å²) in [5.41, 5.74) is 1.60. The van der Waals surface area contributed by atoms with E-state index in [1.807, 2.05) is 30.3 Å². The monoisotopic (exact) mass is 361 g/mol. The Labute approximate surface area is 148 Å². The first kappa shape index (κ1) is 16.1. The standard InChI is InChI=1S/C17H12ClNO2S2/c1-21-14-4-2-3-11(9-14)10-15-16(20)19(17(22)23-15)13-7-5-12(18)6-8-13/h2-10H,1H3. The number of thiocarbonyl (C=S) groups is 1. The van der Waals surface area contributed by atoms with Crippen LogP contribution in [0.15, 0.2) is 53.4 Å². The number of methoxy groups -OCH3 is 1. The fourth-order valence-corrected chi connectivity index (χ4v) is 3.59. The van der Waals surface area contributed by atoms with Gasteiger partial charge in [0.1, 0.15) is 5.75 Å².